The van der Waals surface area contributed by atoms with Crippen LogP contribution in [0.3, 0.4) is 0 Å². The maximum Gasteiger partial charge on any atom is 0.124 e. The Morgan fingerprint density at radius 2 is 2.09 bits per heavy atom. The number of hydrogen-bond donors (Lipinski definition) is 0. The Morgan fingerprint density at radius 3 is 2.45 bits per heavy atom. The fourth-order valence-corrected chi connectivity index (χ4v) is 2.56. The van der Waals surface area contributed by atoms with Crippen molar-refractivity contribution in [2.75, 3.05) is 0 Å². The van der Waals surface area contributed by atoms with E-state index in [9.17, 15) is 0 Å². The zero-order valence-electron chi connectivity index (χ0n) is 7.35. The van der Waals surface area contributed by atoms with Crippen LogP contribution in [0.4, 0.5) is 0 Å². The Bertz CT molecular complexity index is 255. The molecule has 0 saturated carbocycles. The van der Waals surface area contributed by atoms with Gasteiger partial charge in [0.2, 0.25) is 0 Å². The van der Waals surface area contributed by atoms with E-state index in [0.29, 0.717) is 0 Å². The highest BCUT2D eigenvalue weighted by atomic mass is 28.3. The predicted octanol–water partition coefficient (Wildman–Crippen LogP) is 2.47. The van der Waals surface area contributed by atoms with Gasteiger partial charge in [0.15, 0.2) is 0 Å². The summed E-state index contributed by atoms with van der Waals surface area (Å²) >= 11 is 0. The van der Waals surface area contributed by atoms with E-state index in [-0.39, 0.29) is 0 Å². The zero-order chi connectivity index (χ0) is 8.48. The van der Waals surface area contributed by atoms with Gasteiger partial charge in [0.1, 0.15) is 8.07 Å². The zero-order valence-corrected chi connectivity index (χ0v) is 8.35. The van der Waals surface area contributed by atoms with Gasteiger partial charge in [-0.15, -0.1) is 0 Å². The lowest BCUT2D eigenvalue weighted by molar-refractivity contribution is 0.597. The van der Waals surface area contributed by atoms with Gasteiger partial charge in [-0.1, -0.05) is 32.3 Å². The molecule has 60 valence electrons. The van der Waals surface area contributed by atoms with Crippen molar-refractivity contribution in [1.29, 1.82) is 0 Å². The summed E-state index contributed by atoms with van der Waals surface area (Å²) in [7, 11) is -1.28. The average Bonchev–Trinajstić information content (AvgIpc) is 2.31. The molecule has 0 N–H and O–H groups in total. The van der Waals surface area contributed by atoms with E-state index < -0.39 is 8.07 Å². The van der Waals surface area contributed by atoms with Crippen LogP contribution in [-0.4, -0.2) is 8.07 Å². The SMILES string of the molecule is C=Cc1ccoc1[Si](C)(C)C. The first-order chi connectivity index (χ1) is 5.05. The largest absolute Gasteiger partial charge is 0.474 e. The number of hydrogen-bond acceptors (Lipinski definition) is 1. The highest BCUT2D eigenvalue weighted by molar-refractivity contribution is 6.88. The van der Waals surface area contributed by atoms with E-state index in [0.717, 1.165) is 10.9 Å². The maximum absolute atomic E-state index is 5.41. The lowest BCUT2D eigenvalue weighted by atomic mass is 10.3. The normalized spacial score (nSPS) is 11.5. The fourth-order valence-electron chi connectivity index (χ4n) is 1.09. The molecule has 0 atom stereocenters. The molecule has 0 radical (unpaired) electrons. The van der Waals surface area contributed by atoms with Crippen molar-refractivity contribution in [3.63, 3.8) is 0 Å². The Hall–Kier alpha value is -0.763. The van der Waals surface area contributed by atoms with E-state index in [1.807, 2.05) is 12.1 Å². The van der Waals surface area contributed by atoms with Crippen LogP contribution in [0.2, 0.25) is 19.6 Å². The van der Waals surface area contributed by atoms with E-state index in [4.69, 9.17) is 4.42 Å². The molecule has 11 heavy (non-hydrogen) atoms. The van der Waals surface area contributed by atoms with Gasteiger partial charge in [0.05, 0.1) is 11.6 Å². The predicted molar refractivity (Wildman–Crippen MR) is 51.8 cm³/mol. The molecule has 1 aromatic heterocycles. The van der Waals surface area contributed by atoms with Gasteiger partial charge in [-0.2, -0.15) is 0 Å². The first-order valence-corrected chi connectivity index (χ1v) is 7.26. The molecule has 0 bridgehead atoms. The van der Waals surface area contributed by atoms with Crippen LogP contribution in [0.15, 0.2) is 23.3 Å². The van der Waals surface area contributed by atoms with Crippen molar-refractivity contribution in [3.05, 3.63) is 24.5 Å². The maximum atomic E-state index is 5.41. The van der Waals surface area contributed by atoms with E-state index in [2.05, 4.69) is 26.2 Å². The van der Waals surface area contributed by atoms with Gasteiger partial charge < -0.3 is 4.42 Å². The molecule has 2 heteroatoms. The summed E-state index contributed by atoms with van der Waals surface area (Å²) in [6, 6.07) is 1.97. The summed E-state index contributed by atoms with van der Waals surface area (Å²) in [5.74, 6) is 0. The molecule has 0 aromatic carbocycles. The minimum absolute atomic E-state index is 1.15. The smallest absolute Gasteiger partial charge is 0.124 e. The molecule has 0 aliphatic rings. The lowest BCUT2D eigenvalue weighted by Gasteiger charge is -2.12. The van der Waals surface area contributed by atoms with Gasteiger partial charge in [0, 0.05) is 5.56 Å². The van der Waals surface area contributed by atoms with E-state index >= 15 is 0 Å². The van der Waals surface area contributed by atoms with Crippen LogP contribution in [0.5, 0.6) is 0 Å². The second-order valence-corrected chi connectivity index (χ2v) is 8.61. The summed E-state index contributed by atoms with van der Waals surface area (Å²) in [5.41, 5.74) is 1.16. The molecule has 0 amide bonds. The molecule has 1 heterocycles. The third-order valence-electron chi connectivity index (χ3n) is 1.60. The van der Waals surface area contributed by atoms with Crippen LogP contribution in [0.25, 0.3) is 6.08 Å². The molecule has 0 aliphatic heterocycles. The molecular weight excluding hydrogens is 152 g/mol. The Labute approximate surface area is 68.7 Å². The van der Waals surface area contributed by atoms with Crippen LogP contribution in [-0.2, 0) is 0 Å². The molecule has 0 saturated heterocycles. The van der Waals surface area contributed by atoms with Crippen LogP contribution < -0.4 is 5.38 Å². The third-order valence-corrected chi connectivity index (χ3v) is 3.37. The quantitative estimate of drug-likeness (QED) is 0.615. The van der Waals surface area contributed by atoms with Crippen molar-refractivity contribution < 1.29 is 4.42 Å². The van der Waals surface area contributed by atoms with Crippen molar-refractivity contribution in [3.8, 4) is 0 Å². The van der Waals surface area contributed by atoms with Gasteiger partial charge in [-0.25, -0.2) is 0 Å². The second kappa shape index (κ2) is 2.70. The second-order valence-electron chi connectivity index (χ2n) is 3.66. The summed E-state index contributed by atoms with van der Waals surface area (Å²) in [5, 5.41) is 1.15. The summed E-state index contributed by atoms with van der Waals surface area (Å²) in [6.07, 6.45) is 3.60. The van der Waals surface area contributed by atoms with Crippen LogP contribution in [0.1, 0.15) is 5.56 Å². The monoisotopic (exact) mass is 166 g/mol. The molecule has 1 rings (SSSR count). The summed E-state index contributed by atoms with van der Waals surface area (Å²) in [6.45, 7) is 10.5. The molecule has 0 fully saturated rings. The minimum atomic E-state index is -1.28. The van der Waals surface area contributed by atoms with Crippen molar-refractivity contribution >= 4 is 19.5 Å². The number of furan rings is 1. The molecule has 0 spiro atoms. The van der Waals surface area contributed by atoms with Gasteiger partial charge in [0.25, 0.3) is 0 Å². The van der Waals surface area contributed by atoms with E-state index in [1.165, 1.54) is 0 Å². The average molecular weight is 166 g/mol. The highest BCUT2D eigenvalue weighted by Gasteiger charge is 2.22. The molecular formula is C9H14OSi. The first kappa shape index (κ1) is 8.33. The van der Waals surface area contributed by atoms with E-state index in [1.54, 1.807) is 6.26 Å². The Morgan fingerprint density at radius 1 is 1.45 bits per heavy atom. The summed E-state index contributed by atoms with van der Waals surface area (Å²) in [4.78, 5) is 0. The standard InChI is InChI=1S/C9H14OSi/c1-5-8-6-7-10-9(8)11(2,3)4/h5-7H,1H2,2-4H3. The molecule has 1 nitrogen and oxygen atoms in total. The highest BCUT2D eigenvalue weighted by Crippen LogP contribution is 2.08. The summed E-state index contributed by atoms with van der Waals surface area (Å²) < 4.78 is 5.41. The molecule has 1 aromatic rings. The molecule has 0 aliphatic carbocycles. The van der Waals surface area contributed by atoms with Crippen molar-refractivity contribution in [1.82, 2.24) is 0 Å². The van der Waals surface area contributed by atoms with Crippen molar-refractivity contribution in [2.24, 2.45) is 0 Å². The van der Waals surface area contributed by atoms with Gasteiger partial charge in [-0.3, -0.25) is 0 Å². The fraction of sp³-hybridized carbons (Fsp3) is 0.333. The lowest BCUT2D eigenvalue weighted by Crippen LogP contribution is -2.37. The number of rotatable bonds is 2. The first-order valence-electron chi connectivity index (χ1n) is 3.76. The van der Waals surface area contributed by atoms with Gasteiger partial charge >= 0.3 is 0 Å². The van der Waals surface area contributed by atoms with Crippen LogP contribution in [0, 0.1) is 0 Å². The topological polar surface area (TPSA) is 13.1 Å². The Kier molecular flexibility index (Phi) is 2.05. The molecule has 0 unspecified atom stereocenters. The van der Waals surface area contributed by atoms with Crippen molar-refractivity contribution in [2.45, 2.75) is 19.6 Å². The third kappa shape index (κ3) is 1.63. The minimum Gasteiger partial charge on any atom is -0.474 e. The Balaban J connectivity index is 3.12. The van der Waals surface area contributed by atoms with Crippen LogP contribution >= 0.6 is 0 Å². The van der Waals surface area contributed by atoms with Gasteiger partial charge in [-0.05, 0) is 6.07 Å².